The van der Waals surface area contributed by atoms with Gasteiger partial charge in [0.1, 0.15) is 5.84 Å². The lowest BCUT2D eigenvalue weighted by atomic mass is 10.1. The zero-order valence-electron chi connectivity index (χ0n) is 12.6. The monoisotopic (exact) mass is 264 g/mol. The van der Waals surface area contributed by atoms with Gasteiger partial charge in [-0.05, 0) is 33.1 Å². The van der Waals surface area contributed by atoms with Crippen LogP contribution in [0.15, 0.2) is 21.8 Å². The van der Waals surface area contributed by atoms with Gasteiger partial charge in [-0.2, -0.15) is 0 Å². The first-order valence-corrected chi connectivity index (χ1v) is 7.46. The average Bonchev–Trinajstić information content (AvgIpc) is 2.64. The number of rotatable bonds is 3. The summed E-state index contributed by atoms with van der Waals surface area (Å²) in [6.45, 7) is 6.05. The molecular formula is C15H28N4. The fraction of sp³-hybridized carbons (Fsp3) is 0.733. The van der Waals surface area contributed by atoms with E-state index in [4.69, 9.17) is 5.73 Å². The van der Waals surface area contributed by atoms with E-state index in [1.54, 1.807) is 0 Å². The van der Waals surface area contributed by atoms with Crippen LogP contribution in [0.3, 0.4) is 0 Å². The molecule has 0 saturated heterocycles. The minimum Gasteiger partial charge on any atom is -0.368 e. The van der Waals surface area contributed by atoms with Gasteiger partial charge in [-0.15, -0.1) is 0 Å². The number of nitrogens with one attached hydrogen (secondary N) is 1. The van der Waals surface area contributed by atoms with Gasteiger partial charge in [0.05, 0.1) is 6.04 Å². The molecule has 4 heteroatoms. The second-order valence-electron chi connectivity index (χ2n) is 5.12. The van der Waals surface area contributed by atoms with Crippen molar-refractivity contribution in [3.05, 3.63) is 11.8 Å². The Morgan fingerprint density at radius 1 is 1.26 bits per heavy atom. The number of hydrogen-bond donors (Lipinski definition) is 2. The molecule has 1 saturated carbocycles. The molecule has 4 nitrogen and oxygen atoms in total. The second-order valence-corrected chi connectivity index (χ2v) is 5.12. The first-order chi connectivity index (χ1) is 9.15. The molecule has 1 aliphatic carbocycles. The highest BCUT2D eigenvalue weighted by Crippen LogP contribution is 2.19. The van der Waals surface area contributed by atoms with Crippen molar-refractivity contribution in [2.75, 3.05) is 0 Å². The molecule has 0 heterocycles. The Morgan fingerprint density at radius 3 is 2.42 bits per heavy atom. The van der Waals surface area contributed by atoms with Crippen molar-refractivity contribution in [2.24, 2.45) is 15.7 Å². The van der Waals surface area contributed by atoms with Crippen molar-refractivity contribution >= 4 is 11.8 Å². The zero-order valence-corrected chi connectivity index (χ0v) is 12.6. The fourth-order valence-electron chi connectivity index (χ4n) is 2.40. The van der Waals surface area contributed by atoms with Gasteiger partial charge in [0.2, 0.25) is 5.96 Å². The van der Waals surface area contributed by atoms with Gasteiger partial charge in [0.25, 0.3) is 0 Å². The number of amidine groups is 1. The van der Waals surface area contributed by atoms with Crippen molar-refractivity contribution in [3.8, 4) is 0 Å². The predicted molar refractivity (Wildman–Crippen MR) is 83.4 cm³/mol. The Balaban J connectivity index is 2.57. The number of hydrogen-bond acceptors (Lipinski definition) is 1. The quantitative estimate of drug-likeness (QED) is 0.466. The fourth-order valence-corrected chi connectivity index (χ4v) is 2.40. The zero-order chi connectivity index (χ0) is 14.1. The van der Waals surface area contributed by atoms with Crippen LogP contribution in [0, 0.1) is 0 Å². The molecule has 0 aromatic rings. The van der Waals surface area contributed by atoms with Crippen molar-refractivity contribution in [1.29, 1.82) is 0 Å². The summed E-state index contributed by atoms with van der Waals surface area (Å²) >= 11 is 0. The van der Waals surface area contributed by atoms with Gasteiger partial charge >= 0.3 is 0 Å². The maximum Gasteiger partial charge on any atom is 0.217 e. The Bertz CT molecular complexity index is 347. The summed E-state index contributed by atoms with van der Waals surface area (Å²) in [5.74, 6) is 1.22. The highest BCUT2D eigenvalue weighted by molar-refractivity contribution is 5.94. The van der Waals surface area contributed by atoms with Crippen LogP contribution in [0.2, 0.25) is 0 Å². The van der Waals surface area contributed by atoms with Crippen LogP contribution in [0.5, 0.6) is 0 Å². The maximum atomic E-state index is 5.92. The van der Waals surface area contributed by atoms with Crippen LogP contribution in [-0.4, -0.2) is 17.8 Å². The molecule has 0 spiro atoms. The highest BCUT2D eigenvalue weighted by atomic mass is 15.1. The Morgan fingerprint density at radius 2 is 1.89 bits per heavy atom. The molecule has 19 heavy (non-hydrogen) atoms. The first-order valence-electron chi connectivity index (χ1n) is 7.46. The molecule has 1 aliphatic rings. The lowest BCUT2D eigenvalue weighted by Gasteiger charge is -2.10. The standard InChI is InChI=1S/C15H28N4/c1-4-13(5-2)17-12(3)18-15(16)19-14-10-8-6-7-9-11-14/h4,14H,5-11H2,1-3H3,(H3,16,17,18,19)/b13-4+. The van der Waals surface area contributed by atoms with E-state index in [1.165, 1.54) is 25.7 Å². The third-order valence-corrected chi connectivity index (χ3v) is 3.49. The molecule has 3 N–H and O–H groups in total. The molecule has 0 aromatic carbocycles. The summed E-state index contributed by atoms with van der Waals surface area (Å²) in [6, 6.07) is 0.367. The molecule has 0 aliphatic heterocycles. The molecule has 0 atom stereocenters. The normalized spacial score (nSPS) is 20.3. The number of nitrogens with zero attached hydrogens (tertiary/aromatic N) is 2. The molecular weight excluding hydrogens is 236 g/mol. The minimum absolute atomic E-state index is 0.367. The number of nitrogens with two attached hydrogens (primary N) is 1. The summed E-state index contributed by atoms with van der Waals surface area (Å²) in [4.78, 5) is 8.87. The van der Waals surface area contributed by atoms with E-state index in [2.05, 4.69) is 28.3 Å². The number of allylic oxidation sites excluding steroid dienone is 2. The summed E-state index contributed by atoms with van der Waals surface area (Å²) in [5.41, 5.74) is 7.07. The van der Waals surface area contributed by atoms with Crippen molar-refractivity contribution < 1.29 is 0 Å². The highest BCUT2D eigenvalue weighted by Gasteiger charge is 2.11. The maximum absolute atomic E-state index is 5.92. The lowest BCUT2D eigenvalue weighted by Crippen LogP contribution is -2.23. The van der Waals surface area contributed by atoms with Crippen molar-refractivity contribution in [1.82, 2.24) is 5.32 Å². The van der Waals surface area contributed by atoms with E-state index < -0.39 is 0 Å². The molecule has 1 fully saturated rings. The van der Waals surface area contributed by atoms with Gasteiger partial charge in [-0.25, -0.2) is 9.98 Å². The number of aliphatic imine (C=N–C) groups is 2. The third-order valence-electron chi connectivity index (χ3n) is 3.49. The minimum atomic E-state index is 0.367. The Hall–Kier alpha value is -1.32. The van der Waals surface area contributed by atoms with E-state index in [1.807, 2.05) is 13.8 Å². The summed E-state index contributed by atoms with van der Waals surface area (Å²) in [6.07, 6.45) is 10.5. The van der Waals surface area contributed by atoms with Gasteiger partial charge < -0.3 is 11.1 Å². The molecule has 0 amide bonds. The van der Waals surface area contributed by atoms with E-state index >= 15 is 0 Å². The second kappa shape index (κ2) is 8.73. The lowest BCUT2D eigenvalue weighted by molar-refractivity contribution is 0.585. The van der Waals surface area contributed by atoms with Gasteiger partial charge in [-0.3, -0.25) is 0 Å². The molecule has 0 bridgehead atoms. The molecule has 108 valence electrons. The van der Waals surface area contributed by atoms with E-state index in [0.717, 1.165) is 30.8 Å². The van der Waals surface area contributed by atoms with Crippen LogP contribution < -0.4 is 11.1 Å². The topological polar surface area (TPSA) is 62.8 Å². The number of guanidine groups is 1. The van der Waals surface area contributed by atoms with E-state index in [0.29, 0.717) is 12.0 Å². The average molecular weight is 264 g/mol. The first kappa shape index (κ1) is 15.7. The van der Waals surface area contributed by atoms with Crippen LogP contribution in [-0.2, 0) is 0 Å². The SMILES string of the molecule is C/C=C(\CC)N/C(C)=N\C(N)=NC1CCCCCC1. The van der Waals surface area contributed by atoms with Crippen molar-refractivity contribution in [3.63, 3.8) is 0 Å². The van der Waals surface area contributed by atoms with Crippen LogP contribution in [0.1, 0.15) is 65.7 Å². The summed E-state index contributed by atoms with van der Waals surface area (Å²) in [7, 11) is 0. The third kappa shape index (κ3) is 6.41. The van der Waals surface area contributed by atoms with E-state index in [-0.39, 0.29) is 0 Å². The van der Waals surface area contributed by atoms with Crippen LogP contribution in [0.25, 0.3) is 0 Å². The molecule has 0 unspecified atom stereocenters. The van der Waals surface area contributed by atoms with Crippen LogP contribution in [0.4, 0.5) is 0 Å². The Labute approximate surface area is 117 Å². The van der Waals surface area contributed by atoms with Gasteiger partial charge in [-0.1, -0.05) is 38.7 Å². The van der Waals surface area contributed by atoms with Crippen molar-refractivity contribution in [2.45, 2.75) is 71.8 Å². The summed E-state index contributed by atoms with van der Waals surface area (Å²) in [5, 5.41) is 3.25. The molecule has 1 rings (SSSR count). The molecule has 0 aromatic heterocycles. The smallest absolute Gasteiger partial charge is 0.217 e. The van der Waals surface area contributed by atoms with E-state index in [9.17, 15) is 0 Å². The van der Waals surface area contributed by atoms with Crippen LogP contribution >= 0.6 is 0 Å². The largest absolute Gasteiger partial charge is 0.368 e. The van der Waals surface area contributed by atoms with Gasteiger partial charge in [0, 0.05) is 5.70 Å². The molecule has 0 radical (unpaired) electrons. The Kier molecular flexibility index (Phi) is 7.23. The van der Waals surface area contributed by atoms with Gasteiger partial charge in [0.15, 0.2) is 0 Å². The predicted octanol–water partition coefficient (Wildman–Crippen LogP) is 3.35. The summed E-state index contributed by atoms with van der Waals surface area (Å²) < 4.78 is 0.